The van der Waals surface area contributed by atoms with Gasteiger partial charge in [0.2, 0.25) is 0 Å². The summed E-state index contributed by atoms with van der Waals surface area (Å²) in [5.74, 6) is 0.425. The Morgan fingerprint density at radius 1 is 0.900 bits per heavy atom. The molecule has 2 atom stereocenters. The molecule has 0 spiro atoms. The first-order valence-corrected chi connectivity index (χ1v) is 14.0. The van der Waals surface area contributed by atoms with E-state index in [4.69, 9.17) is 4.42 Å². The SMILES string of the molecule is CCN(CC)c1ccc([C@@H]2CC(=O)C3=C(C2)Nc2ccccc2N(C(=O)c2ccccc2)[C@H]3c2ccco2)cc1. The molecule has 0 fully saturated rings. The van der Waals surface area contributed by atoms with E-state index in [2.05, 4.69) is 48.3 Å². The number of furan rings is 1. The summed E-state index contributed by atoms with van der Waals surface area (Å²) in [6, 6.07) is 28.5. The lowest BCUT2D eigenvalue weighted by Crippen LogP contribution is -2.38. The maximum absolute atomic E-state index is 14.1. The smallest absolute Gasteiger partial charge is 0.259 e. The number of benzene rings is 3. The van der Waals surface area contributed by atoms with Gasteiger partial charge in [0.1, 0.15) is 11.8 Å². The summed E-state index contributed by atoms with van der Waals surface area (Å²) in [5.41, 5.74) is 5.80. The number of hydrogen-bond donors (Lipinski definition) is 1. The minimum Gasteiger partial charge on any atom is -0.467 e. The van der Waals surface area contributed by atoms with Crippen molar-refractivity contribution in [3.63, 3.8) is 0 Å². The molecule has 1 amide bonds. The summed E-state index contributed by atoms with van der Waals surface area (Å²) in [6.45, 7) is 6.21. The maximum atomic E-state index is 14.1. The predicted molar refractivity (Wildman–Crippen MR) is 159 cm³/mol. The van der Waals surface area contributed by atoms with E-state index < -0.39 is 6.04 Å². The van der Waals surface area contributed by atoms with Crippen molar-refractivity contribution in [2.75, 3.05) is 28.2 Å². The number of anilines is 3. The highest BCUT2D eigenvalue weighted by Crippen LogP contribution is 2.48. The van der Waals surface area contributed by atoms with Crippen LogP contribution in [0.5, 0.6) is 0 Å². The number of Topliss-reactive ketones (excluding diaryl/α,β-unsaturated/α-hetero) is 1. The first-order valence-electron chi connectivity index (χ1n) is 14.0. The van der Waals surface area contributed by atoms with E-state index in [9.17, 15) is 9.59 Å². The number of fused-ring (bicyclic) bond motifs is 1. The number of hydrogen-bond acceptors (Lipinski definition) is 5. The van der Waals surface area contributed by atoms with Crippen molar-refractivity contribution < 1.29 is 14.0 Å². The van der Waals surface area contributed by atoms with Crippen molar-refractivity contribution >= 4 is 28.8 Å². The lowest BCUT2D eigenvalue weighted by atomic mass is 9.79. The Kier molecular flexibility index (Phi) is 6.99. The average molecular weight is 532 g/mol. The Balaban J connectivity index is 1.45. The Morgan fingerprint density at radius 2 is 1.62 bits per heavy atom. The number of nitrogens with one attached hydrogen (secondary N) is 1. The summed E-state index contributed by atoms with van der Waals surface area (Å²) < 4.78 is 5.91. The van der Waals surface area contributed by atoms with Crippen molar-refractivity contribution in [1.82, 2.24) is 0 Å². The van der Waals surface area contributed by atoms with Crippen LogP contribution in [0.1, 0.15) is 60.3 Å². The number of ketones is 1. The van der Waals surface area contributed by atoms with Crippen LogP contribution >= 0.6 is 0 Å². The number of amides is 1. The first-order chi connectivity index (χ1) is 19.6. The second-order valence-electron chi connectivity index (χ2n) is 10.3. The zero-order valence-electron chi connectivity index (χ0n) is 22.8. The van der Waals surface area contributed by atoms with Gasteiger partial charge in [-0.15, -0.1) is 0 Å². The molecule has 1 aliphatic heterocycles. The molecule has 2 aliphatic rings. The molecule has 0 radical (unpaired) electrons. The highest BCUT2D eigenvalue weighted by molar-refractivity contribution is 6.11. The summed E-state index contributed by atoms with van der Waals surface area (Å²) in [4.78, 5) is 32.3. The molecule has 6 heteroatoms. The second-order valence-corrected chi connectivity index (χ2v) is 10.3. The van der Waals surface area contributed by atoms with Gasteiger partial charge in [-0.25, -0.2) is 0 Å². The van der Waals surface area contributed by atoms with Gasteiger partial charge in [-0.3, -0.25) is 14.5 Å². The molecule has 3 aromatic carbocycles. The average Bonchev–Trinajstić information content (AvgIpc) is 3.48. The van der Waals surface area contributed by atoms with Crippen LogP contribution in [0.3, 0.4) is 0 Å². The normalized spacial score (nSPS) is 18.4. The van der Waals surface area contributed by atoms with Gasteiger partial charge in [0.15, 0.2) is 5.78 Å². The van der Waals surface area contributed by atoms with Crippen LogP contribution in [-0.2, 0) is 4.79 Å². The van der Waals surface area contributed by atoms with E-state index in [1.807, 2.05) is 48.5 Å². The highest BCUT2D eigenvalue weighted by Gasteiger charge is 2.43. The van der Waals surface area contributed by atoms with Crippen molar-refractivity contribution in [3.05, 3.63) is 125 Å². The van der Waals surface area contributed by atoms with Gasteiger partial charge in [-0.2, -0.15) is 0 Å². The summed E-state index contributed by atoms with van der Waals surface area (Å²) in [6.07, 6.45) is 2.62. The van der Waals surface area contributed by atoms with Crippen LogP contribution in [0, 0.1) is 0 Å². The molecule has 1 aromatic heterocycles. The molecule has 202 valence electrons. The maximum Gasteiger partial charge on any atom is 0.259 e. The number of carbonyl (C=O) groups excluding carboxylic acids is 2. The largest absolute Gasteiger partial charge is 0.467 e. The van der Waals surface area contributed by atoms with Crippen LogP contribution in [-0.4, -0.2) is 24.8 Å². The van der Waals surface area contributed by atoms with Crippen LogP contribution in [0.2, 0.25) is 0 Å². The summed E-state index contributed by atoms with van der Waals surface area (Å²) in [7, 11) is 0. The molecule has 1 N–H and O–H groups in total. The summed E-state index contributed by atoms with van der Waals surface area (Å²) >= 11 is 0. The minimum atomic E-state index is -0.688. The molecule has 0 bridgehead atoms. The molecule has 1 aliphatic carbocycles. The predicted octanol–water partition coefficient (Wildman–Crippen LogP) is 7.34. The van der Waals surface area contributed by atoms with Crippen LogP contribution in [0.25, 0.3) is 0 Å². The zero-order valence-corrected chi connectivity index (χ0v) is 22.8. The Morgan fingerprint density at radius 3 is 2.33 bits per heavy atom. The van der Waals surface area contributed by atoms with E-state index in [0.29, 0.717) is 35.4 Å². The van der Waals surface area contributed by atoms with Gasteiger partial charge < -0.3 is 14.6 Å². The molecule has 6 rings (SSSR count). The van der Waals surface area contributed by atoms with Gasteiger partial charge in [0.25, 0.3) is 5.91 Å². The third-order valence-electron chi connectivity index (χ3n) is 8.03. The van der Waals surface area contributed by atoms with E-state index in [1.165, 1.54) is 5.69 Å². The van der Waals surface area contributed by atoms with Gasteiger partial charge >= 0.3 is 0 Å². The Hall–Kier alpha value is -4.58. The van der Waals surface area contributed by atoms with Gasteiger partial charge in [-0.05, 0) is 80.3 Å². The van der Waals surface area contributed by atoms with E-state index in [-0.39, 0.29) is 17.6 Å². The lowest BCUT2D eigenvalue weighted by Gasteiger charge is -2.33. The molecule has 2 heterocycles. The van der Waals surface area contributed by atoms with E-state index in [1.54, 1.807) is 29.4 Å². The van der Waals surface area contributed by atoms with Crippen LogP contribution < -0.4 is 15.1 Å². The van der Waals surface area contributed by atoms with Crippen LogP contribution in [0.15, 0.2) is 113 Å². The number of para-hydroxylation sites is 2. The summed E-state index contributed by atoms with van der Waals surface area (Å²) in [5, 5.41) is 3.58. The molecule has 4 aromatic rings. The van der Waals surface area contributed by atoms with Crippen molar-refractivity contribution in [2.45, 2.75) is 38.6 Å². The van der Waals surface area contributed by atoms with E-state index in [0.717, 1.165) is 30.0 Å². The van der Waals surface area contributed by atoms with Gasteiger partial charge in [-0.1, -0.05) is 42.5 Å². The number of allylic oxidation sites excluding steroid dienone is 1. The molecule has 40 heavy (non-hydrogen) atoms. The van der Waals surface area contributed by atoms with Crippen molar-refractivity contribution in [2.24, 2.45) is 0 Å². The fourth-order valence-electron chi connectivity index (χ4n) is 6.03. The molecule has 0 saturated carbocycles. The first kappa shape index (κ1) is 25.7. The monoisotopic (exact) mass is 531 g/mol. The Labute approximate surface area is 234 Å². The van der Waals surface area contributed by atoms with Gasteiger partial charge in [0.05, 0.1) is 17.6 Å². The van der Waals surface area contributed by atoms with Crippen molar-refractivity contribution in [3.8, 4) is 0 Å². The minimum absolute atomic E-state index is 0.0200. The van der Waals surface area contributed by atoms with E-state index >= 15 is 0 Å². The molecule has 0 unspecified atom stereocenters. The molecular formula is C34H33N3O3. The lowest BCUT2D eigenvalue weighted by molar-refractivity contribution is -0.116. The highest BCUT2D eigenvalue weighted by atomic mass is 16.3. The third kappa shape index (κ3) is 4.60. The second kappa shape index (κ2) is 10.9. The fraction of sp³-hybridized carbons (Fsp3) is 0.235. The zero-order chi connectivity index (χ0) is 27.6. The number of rotatable bonds is 6. The standard InChI is InChI=1S/C34H33N3O3/c1-3-36(4-2)26-18-16-23(17-19-26)25-21-28-32(30(38)22-25)33(31-15-10-20-40-31)37(29-14-9-8-13-27(29)35-28)34(39)24-11-6-5-7-12-24/h5-20,25,33,35H,3-4,21-22H2,1-2H3/t25-,33-/m0/s1. The molecule has 6 nitrogen and oxygen atoms in total. The number of carbonyl (C=O) groups is 2. The van der Waals surface area contributed by atoms with Gasteiger partial charge in [0, 0.05) is 42.0 Å². The molecule has 0 saturated heterocycles. The third-order valence-corrected chi connectivity index (χ3v) is 8.03. The fourth-order valence-corrected chi connectivity index (χ4v) is 6.03. The molecular weight excluding hydrogens is 498 g/mol. The quantitative estimate of drug-likeness (QED) is 0.282. The van der Waals surface area contributed by atoms with Crippen LogP contribution in [0.4, 0.5) is 17.1 Å². The Bertz CT molecular complexity index is 1540. The van der Waals surface area contributed by atoms with Crippen molar-refractivity contribution in [1.29, 1.82) is 0 Å². The topological polar surface area (TPSA) is 65.8 Å². The number of nitrogens with zero attached hydrogens (tertiary/aromatic N) is 2.